The summed E-state index contributed by atoms with van der Waals surface area (Å²) >= 11 is 10.7. The van der Waals surface area contributed by atoms with Crippen molar-refractivity contribution in [2.24, 2.45) is 0 Å². The Balaban J connectivity index is 1.87. The lowest BCUT2D eigenvalue weighted by atomic mass is 10.2. The number of hydrogen-bond donors (Lipinski definition) is 3. The van der Waals surface area contributed by atoms with Gasteiger partial charge in [0.2, 0.25) is 5.91 Å². The van der Waals surface area contributed by atoms with Crippen molar-refractivity contribution >= 4 is 29.7 Å². The van der Waals surface area contributed by atoms with Crippen LogP contribution in [0.2, 0.25) is 5.02 Å². The smallest absolute Gasteiger partial charge is 0.273 e. The first-order chi connectivity index (χ1) is 10.1. The first-order valence-corrected chi connectivity index (χ1v) is 7.03. The normalized spacial score (nSPS) is 10.3. The van der Waals surface area contributed by atoms with Gasteiger partial charge in [0.25, 0.3) is 5.56 Å². The summed E-state index contributed by atoms with van der Waals surface area (Å²) in [6, 6.07) is 7.28. The van der Waals surface area contributed by atoms with Crippen molar-refractivity contribution in [2.45, 2.75) is 19.4 Å². The molecule has 0 fully saturated rings. The molecule has 1 aromatic carbocycles. The van der Waals surface area contributed by atoms with E-state index in [4.69, 9.17) is 23.8 Å². The van der Waals surface area contributed by atoms with Gasteiger partial charge in [-0.3, -0.25) is 19.7 Å². The molecule has 2 rings (SSSR count). The van der Waals surface area contributed by atoms with Crippen LogP contribution in [0.1, 0.15) is 17.7 Å². The predicted octanol–water partition coefficient (Wildman–Crippen LogP) is 1.73. The number of benzene rings is 1. The fourth-order valence-electron chi connectivity index (χ4n) is 1.70. The van der Waals surface area contributed by atoms with Gasteiger partial charge in [-0.25, -0.2) is 0 Å². The van der Waals surface area contributed by atoms with Crippen LogP contribution in [0.15, 0.2) is 29.1 Å². The molecule has 3 N–H and O–H groups in total. The molecular weight excluding hydrogens is 312 g/mol. The Labute approximate surface area is 130 Å². The number of amides is 1. The third-order valence-electron chi connectivity index (χ3n) is 2.80. The maximum absolute atomic E-state index is 11.8. The molecular formula is C13H13ClN4O2S. The molecule has 1 amide bonds. The highest BCUT2D eigenvalue weighted by molar-refractivity contribution is 7.71. The minimum absolute atomic E-state index is 0.158. The highest BCUT2D eigenvalue weighted by Gasteiger charge is 2.07. The fraction of sp³-hybridized carbons (Fsp3) is 0.231. The Morgan fingerprint density at radius 2 is 2.14 bits per heavy atom. The molecule has 8 heteroatoms. The molecule has 1 heterocycles. The number of aryl methyl sites for hydroxylation is 1. The van der Waals surface area contributed by atoms with Crippen LogP contribution in [0.4, 0.5) is 0 Å². The first kappa shape index (κ1) is 15.4. The zero-order valence-corrected chi connectivity index (χ0v) is 12.6. The van der Waals surface area contributed by atoms with Gasteiger partial charge < -0.3 is 5.32 Å². The Morgan fingerprint density at radius 3 is 2.86 bits per heavy atom. The van der Waals surface area contributed by atoms with E-state index >= 15 is 0 Å². The van der Waals surface area contributed by atoms with Crippen LogP contribution in [0.5, 0.6) is 0 Å². The molecule has 0 spiro atoms. The summed E-state index contributed by atoms with van der Waals surface area (Å²) in [4.78, 5) is 25.7. The average Bonchev–Trinajstić information content (AvgIpc) is 2.45. The molecule has 0 aliphatic rings. The quantitative estimate of drug-likeness (QED) is 0.730. The number of aromatic amines is 2. The third-order valence-corrected chi connectivity index (χ3v) is 3.37. The van der Waals surface area contributed by atoms with E-state index in [0.29, 0.717) is 11.6 Å². The number of rotatable bonds is 5. The predicted molar refractivity (Wildman–Crippen MR) is 81.7 cm³/mol. The van der Waals surface area contributed by atoms with Crippen LogP contribution in [0.25, 0.3) is 0 Å². The summed E-state index contributed by atoms with van der Waals surface area (Å²) < 4.78 is 0.159. The second-order valence-electron chi connectivity index (χ2n) is 4.32. The van der Waals surface area contributed by atoms with Crippen LogP contribution in [0.3, 0.4) is 0 Å². The second-order valence-corrected chi connectivity index (χ2v) is 5.14. The highest BCUT2D eigenvalue weighted by atomic mass is 35.5. The zero-order valence-electron chi connectivity index (χ0n) is 11.0. The van der Waals surface area contributed by atoms with E-state index in [2.05, 4.69) is 20.5 Å². The van der Waals surface area contributed by atoms with Crippen molar-refractivity contribution in [3.05, 3.63) is 55.7 Å². The topological polar surface area (TPSA) is 90.6 Å². The van der Waals surface area contributed by atoms with Crippen molar-refractivity contribution in [1.29, 1.82) is 0 Å². The second kappa shape index (κ2) is 7.14. The van der Waals surface area contributed by atoms with Crippen molar-refractivity contribution in [1.82, 2.24) is 20.5 Å². The van der Waals surface area contributed by atoms with Crippen LogP contribution in [0, 0.1) is 4.77 Å². The number of halogens is 1. The van der Waals surface area contributed by atoms with E-state index in [1.807, 2.05) is 18.2 Å². The van der Waals surface area contributed by atoms with Crippen LogP contribution >= 0.6 is 23.8 Å². The molecule has 0 aliphatic carbocycles. The number of hydrogen-bond acceptors (Lipinski definition) is 4. The lowest BCUT2D eigenvalue weighted by Crippen LogP contribution is -2.25. The SMILES string of the molecule is O=C(CCc1n[nH]c(=S)[nH]c1=O)NCc1ccccc1Cl. The molecule has 0 bridgehead atoms. The van der Waals surface area contributed by atoms with Gasteiger partial charge >= 0.3 is 0 Å². The van der Waals surface area contributed by atoms with E-state index in [9.17, 15) is 9.59 Å². The van der Waals surface area contributed by atoms with Crippen LogP contribution < -0.4 is 10.9 Å². The molecule has 0 radical (unpaired) electrons. The van der Waals surface area contributed by atoms with Gasteiger partial charge in [0, 0.05) is 24.4 Å². The van der Waals surface area contributed by atoms with Gasteiger partial charge in [0.05, 0.1) is 0 Å². The molecule has 110 valence electrons. The maximum atomic E-state index is 11.8. The van der Waals surface area contributed by atoms with E-state index in [1.54, 1.807) is 6.07 Å². The minimum atomic E-state index is -0.377. The Bertz CT molecular complexity index is 756. The van der Waals surface area contributed by atoms with Gasteiger partial charge in [-0.05, 0) is 23.8 Å². The molecule has 0 aliphatic heterocycles. The lowest BCUT2D eigenvalue weighted by molar-refractivity contribution is -0.121. The van der Waals surface area contributed by atoms with Crippen molar-refractivity contribution < 1.29 is 4.79 Å². The van der Waals surface area contributed by atoms with Gasteiger partial charge in [0.15, 0.2) is 4.77 Å². The summed E-state index contributed by atoms with van der Waals surface area (Å²) in [5.74, 6) is -0.182. The molecule has 0 atom stereocenters. The van der Waals surface area contributed by atoms with E-state index < -0.39 is 0 Å². The van der Waals surface area contributed by atoms with Crippen molar-refractivity contribution in [3.63, 3.8) is 0 Å². The summed E-state index contributed by atoms with van der Waals surface area (Å²) in [6.45, 7) is 0.347. The van der Waals surface area contributed by atoms with Crippen molar-refractivity contribution in [2.75, 3.05) is 0 Å². The number of nitrogens with one attached hydrogen (secondary N) is 3. The summed E-state index contributed by atoms with van der Waals surface area (Å²) in [6.07, 6.45) is 0.390. The van der Waals surface area contributed by atoms with E-state index in [-0.39, 0.29) is 34.8 Å². The molecule has 0 saturated heterocycles. The number of aromatic nitrogens is 3. The van der Waals surface area contributed by atoms with Gasteiger partial charge in [-0.2, -0.15) is 5.10 Å². The molecule has 0 saturated carbocycles. The summed E-state index contributed by atoms with van der Waals surface area (Å²) in [5, 5.41) is 9.65. The Kier molecular flexibility index (Phi) is 5.24. The number of carbonyl (C=O) groups excluding carboxylic acids is 1. The first-order valence-electron chi connectivity index (χ1n) is 6.24. The van der Waals surface area contributed by atoms with Crippen LogP contribution in [-0.4, -0.2) is 21.1 Å². The fourth-order valence-corrected chi connectivity index (χ4v) is 2.04. The Morgan fingerprint density at radius 1 is 1.38 bits per heavy atom. The van der Waals surface area contributed by atoms with E-state index in [0.717, 1.165) is 5.56 Å². The number of nitrogens with zero attached hydrogens (tertiary/aromatic N) is 1. The average molecular weight is 325 g/mol. The Hall–Kier alpha value is -1.99. The largest absolute Gasteiger partial charge is 0.352 e. The third kappa shape index (κ3) is 4.51. The molecule has 0 unspecified atom stereocenters. The minimum Gasteiger partial charge on any atom is -0.352 e. The van der Waals surface area contributed by atoms with Gasteiger partial charge in [0.1, 0.15) is 5.69 Å². The summed E-state index contributed by atoms with van der Waals surface area (Å²) in [7, 11) is 0. The summed E-state index contributed by atoms with van der Waals surface area (Å²) in [5.41, 5.74) is 0.710. The van der Waals surface area contributed by atoms with Gasteiger partial charge in [-0.1, -0.05) is 29.8 Å². The molecule has 1 aromatic heterocycles. The van der Waals surface area contributed by atoms with Crippen LogP contribution in [-0.2, 0) is 17.8 Å². The zero-order chi connectivity index (χ0) is 15.2. The lowest BCUT2D eigenvalue weighted by Gasteiger charge is -2.06. The van der Waals surface area contributed by atoms with Gasteiger partial charge in [-0.15, -0.1) is 0 Å². The maximum Gasteiger partial charge on any atom is 0.273 e. The number of carbonyl (C=O) groups is 1. The van der Waals surface area contributed by atoms with Crippen molar-refractivity contribution in [3.8, 4) is 0 Å². The highest BCUT2D eigenvalue weighted by Crippen LogP contribution is 2.14. The van der Waals surface area contributed by atoms with E-state index in [1.165, 1.54) is 0 Å². The standard InChI is InChI=1S/C13H13ClN4O2S/c14-9-4-2-1-3-8(9)7-15-11(19)6-5-10-12(20)16-13(21)18-17-10/h1-4H,5-7H2,(H,15,19)(H2,16,18,20,21). The molecule has 6 nitrogen and oxygen atoms in total. The number of H-pyrrole nitrogens is 2. The molecule has 2 aromatic rings. The molecule has 21 heavy (non-hydrogen) atoms. The monoisotopic (exact) mass is 324 g/mol.